The zero-order valence-electron chi connectivity index (χ0n) is 7.28. The Morgan fingerprint density at radius 3 is 2.82 bits per heavy atom. The van der Waals surface area contributed by atoms with Crippen molar-refractivity contribution in [3.8, 4) is 0 Å². The normalized spacial score (nSPS) is 42.0. The Kier molecular flexibility index (Phi) is 1.67. The fraction of sp³-hybridized carbons (Fsp3) is 1.00. The van der Waals surface area contributed by atoms with E-state index >= 15 is 0 Å². The van der Waals surface area contributed by atoms with Gasteiger partial charge in [-0.15, -0.1) is 0 Å². The average Bonchev–Trinajstić information content (AvgIpc) is 2.34. The number of hydrogen-bond donors (Lipinski definition) is 3. The van der Waals surface area contributed by atoms with Crippen molar-refractivity contribution in [2.75, 3.05) is 19.6 Å². The largest absolute Gasteiger partial charge is 0.316 e. The summed E-state index contributed by atoms with van der Waals surface area (Å²) in [4.78, 5) is 0. The van der Waals surface area contributed by atoms with Gasteiger partial charge in [0.2, 0.25) is 0 Å². The molecule has 2 atom stereocenters. The highest BCUT2D eigenvalue weighted by Gasteiger charge is 2.41. The SMILES string of the molecule is CC1(C)CNCC2CNNC21. The van der Waals surface area contributed by atoms with Crippen LogP contribution in [0.5, 0.6) is 0 Å². The maximum Gasteiger partial charge on any atom is 0.0329 e. The molecule has 2 heterocycles. The van der Waals surface area contributed by atoms with Crippen molar-refractivity contribution in [3.63, 3.8) is 0 Å². The Balaban J connectivity index is 2.13. The van der Waals surface area contributed by atoms with Crippen LogP contribution in [0, 0.1) is 11.3 Å². The first-order valence-corrected chi connectivity index (χ1v) is 4.39. The molecule has 0 aromatic carbocycles. The zero-order chi connectivity index (χ0) is 7.90. The van der Waals surface area contributed by atoms with Crippen molar-refractivity contribution in [3.05, 3.63) is 0 Å². The topological polar surface area (TPSA) is 36.1 Å². The van der Waals surface area contributed by atoms with E-state index in [1.807, 2.05) is 0 Å². The third-order valence-corrected chi connectivity index (χ3v) is 2.92. The van der Waals surface area contributed by atoms with Gasteiger partial charge in [0, 0.05) is 31.6 Å². The van der Waals surface area contributed by atoms with Crippen LogP contribution >= 0.6 is 0 Å². The minimum absolute atomic E-state index is 0.395. The molecule has 2 aliphatic rings. The third kappa shape index (κ3) is 1.17. The molecule has 11 heavy (non-hydrogen) atoms. The van der Waals surface area contributed by atoms with Gasteiger partial charge in [-0.05, 0) is 5.41 Å². The molecule has 0 bridgehead atoms. The van der Waals surface area contributed by atoms with E-state index in [0.29, 0.717) is 11.5 Å². The molecule has 0 aromatic rings. The summed E-state index contributed by atoms with van der Waals surface area (Å²) in [6.45, 7) is 8.03. The van der Waals surface area contributed by atoms with E-state index < -0.39 is 0 Å². The predicted octanol–water partition coefficient (Wildman–Crippen LogP) is -0.292. The molecule has 0 amide bonds. The first-order valence-electron chi connectivity index (χ1n) is 4.39. The Hall–Kier alpha value is -0.120. The van der Waals surface area contributed by atoms with E-state index in [9.17, 15) is 0 Å². The molecule has 0 spiro atoms. The highest BCUT2D eigenvalue weighted by atomic mass is 15.4. The van der Waals surface area contributed by atoms with Gasteiger partial charge in [-0.2, -0.15) is 0 Å². The summed E-state index contributed by atoms with van der Waals surface area (Å²) in [5, 5.41) is 3.47. The lowest BCUT2D eigenvalue weighted by atomic mass is 9.75. The molecule has 2 unspecified atom stereocenters. The van der Waals surface area contributed by atoms with Crippen molar-refractivity contribution in [1.29, 1.82) is 0 Å². The second-order valence-electron chi connectivity index (χ2n) is 4.38. The molecule has 2 rings (SSSR count). The molecular formula is C8H17N3. The number of rotatable bonds is 0. The molecule has 0 aromatic heterocycles. The van der Waals surface area contributed by atoms with E-state index in [0.717, 1.165) is 25.6 Å². The summed E-state index contributed by atoms with van der Waals surface area (Å²) in [6, 6.07) is 0.656. The summed E-state index contributed by atoms with van der Waals surface area (Å²) >= 11 is 0. The number of fused-ring (bicyclic) bond motifs is 1. The molecule has 2 fully saturated rings. The smallest absolute Gasteiger partial charge is 0.0329 e. The summed E-state index contributed by atoms with van der Waals surface area (Å²) in [5.74, 6) is 0.777. The van der Waals surface area contributed by atoms with E-state index in [-0.39, 0.29) is 0 Å². The van der Waals surface area contributed by atoms with Gasteiger partial charge in [-0.3, -0.25) is 10.9 Å². The van der Waals surface area contributed by atoms with Crippen LogP contribution in [-0.4, -0.2) is 25.7 Å². The quantitative estimate of drug-likeness (QED) is 0.450. The summed E-state index contributed by atoms with van der Waals surface area (Å²) in [5.41, 5.74) is 6.98. The van der Waals surface area contributed by atoms with Crippen LogP contribution in [0.15, 0.2) is 0 Å². The Labute approximate surface area is 67.9 Å². The first kappa shape index (κ1) is 7.53. The van der Waals surface area contributed by atoms with Gasteiger partial charge in [0.25, 0.3) is 0 Å². The first-order chi connectivity index (χ1) is 5.20. The average molecular weight is 155 g/mol. The minimum Gasteiger partial charge on any atom is -0.316 e. The van der Waals surface area contributed by atoms with E-state index in [4.69, 9.17) is 0 Å². The maximum absolute atomic E-state index is 3.47. The summed E-state index contributed by atoms with van der Waals surface area (Å²) in [6.07, 6.45) is 0. The fourth-order valence-electron chi connectivity index (χ4n) is 2.25. The standard InChI is InChI=1S/C8H17N3/c1-8(2)5-9-3-6-4-10-11-7(6)8/h6-7,9-11H,3-5H2,1-2H3. The fourth-order valence-corrected chi connectivity index (χ4v) is 2.25. The monoisotopic (exact) mass is 155 g/mol. The molecule has 3 heteroatoms. The van der Waals surface area contributed by atoms with Gasteiger partial charge in [0.05, 0.1) is 0 Å². The molecule has 64 valence electrons. The van der Waals surface area contributed by atoms with Crippen LogP contribution in [0.2, 0.25) is 0 Å². The van der Waals surface area contributed by atoms with Crippen molar-refractivity contribution in [1.82, 2.24) is 16.2 Å². The number of piperidine rings is 1. The molecule has 3 N–H and O–H groups in total. The zero-order valence-corrected chi connectivity index (χ0v) is 7.28. The number of hydrazine groups is 1. The van der Waals surface area contributed by atoms with E-state index in [2.05, 4.69) is 30.0 Å². The van der Waals surface area contributed by atoms with Crippen LogP contribution in [-0.2, 0) is 0 Å². The van der Waals surface area contributed by atoms with Crippen molar-refractivity contribution < 1.29 is 0 Å². The highest BCUT2D eigenvalue weighted by Crippen LogP contribution is 2.29. The van der Waals surface area contributed by atoms with Gasteiger partial charge in [0.15, 0.2) is 0 Å². The molecular weight excluding hydrogens is 138 g/mol. The van der Waals surface area contributed by atoms with Gasteiger partial charge >= 0.3 is 0 Å². The van der Waals surface area contributed by atoms with Gasteiger partial charge < -0.3 is 5.32 Å². The van der Waals surface area contributed by atoms with Crippen LogP contribution in [0.4, 0.5) is 0 Å². The minimum atomic E-state index is 0.395. The Bertz CT molecular complexity index is 155. The molecule has 0 aliphatic carbocycles. The highest BCUT2D eigenvalue weighted by molar-refractivity contribution is 4.98. The van der Waals surface area contributed by atoms with Crippen LogP contribution in [0.25, 0.3) is 0 Å². The Morgan fingerprint density at radius 1 is 1.27 bits per heavy atom. The lowest BCUT2D eigenvalue weighted by Crippen LogP contribution is -2.55. The van der Waals surface area contributed by atoms with Gasteiger partial charge in [-0.25, -0.2) is 0 Å². The van der Waals surface area contributed by atoms with Crippen molar-refractivity contribution in [2.45, 2.75) is 19.9 Å². The van der Waals surface area contributed by atoms with Crippen LogP contribution < -0.4 is 16.2 Å². The lowest BCUT2D eigenvalue weighted by Gasteiger charge is -2.40. The maximum atomic E-state index is 3.47. The lowest BCUT2D eigenvalue weighted by molar-refractivity contribution is 0.164. The Morgan fingerprint density at radius 2 is 2.09 bits per heavy atom. The molecule has 0 radical (unpaired) electrons. The second kappa shape index (κ2) is 2.44. The van der Waals surface area contributed by atoms with E-state index in [1.165, 1.54) is 0 Å². The van der Waals surface area contributed by atoms with E-state index in [1.54, 1.807) is 0 Å². The number of hydrogen-bond acceptors (Lipinski definition) is 3. The molecule has 2 aliphatic heterocycles. The van der Waals surface area contributed by atoms with Crippen LogP contribution in [0.3, 0.4) is 0 Å². The van der Waals surface area contributed by atoms with Crippen molar-refractivity contribution >= 4 is 0 Å². The second-order valence-corrected chi connectivity index (χ2v) is 4.38. The molecule has 0 saturated carbocycles. The molecule has 3 nitrogen and oxygen atoms in total. The number of nitrogens with one attached hydrogen (secondary N) is 3. The summed E-state index contributed by atoms with van der Waals surface area (Å²) in [7, 11) is 0. The predicted molar refractivity (Wildman–Crippen MR) is 45.1 cm³/mol. The van der Waals surface area contributed by atoms with Crippen molar-refractivity contribution in [2.24, 2.45) is 11.3 Å². The third-order valence-electron chi connectivity index (χ3n) is 2.92. The van der Waals surface area contributed by atoms with Gasteiger partial charge in [0.1, 0.15) is 0 Å². The van der Waals surface area contributed by atoms with Crippen LogP contribution in [0.1, 0.15) is 13.8 Å². The summed E-state index contributed by atoms with van der Waals surface area (Å²) < 4.78 is 0. The molecule has 2 saturated heterocycles. The van der Waals surface area contributed by atoms with Gasteiger partial charge in [-0.1, -0.05) is 13.8 Å².